The largest absolute Gasteiger partial charge is 0.391 e. The van der Waals surface area contributed by atoms with Crippen molar-refractivity contribution in [1.82, 2.24) is 4.98 Å². The van der Waals surface area contributed by atoms with E-state index in [2.05, 4.69) is 26.8 Å². The van der Waals surface area contributed by atoms with E-state index >= 15 is 0 Å². The van der Waals surface area contributed by atoms with Crippen LogP contribution in [0.1, 0.15) is 31.9 Å². The molecule has 0 bridgehead atoms. The molecule has 0 aliphatic carbocycles. The van der Waals surface area contributed by atoms with Crippen molar-refractivity contribution in [3.8, 4) is 28.5 Å². The summed E-state index contributed by atoms with van der Waals surface area (Å²) in [5, 5.41) is 21.3. The number of hydrogen-bond donors (Lipinski definition) is 1. The second-order valence-corrected chi connectivity index (χ2v) is 12.3. The van der Waals surface area contributed by atoms with Crippen LogP contribution in [0.15, 0.2) is 101 Å². The number of aliphatic hydroxyl groups is 1. The third-order valence-corrected chi connectivity index (χ3v) is 8.60. The van der Waals surface area contributed by atoms with Crippen molar-refractivity contribution in [3.05, 3.63) is 102 Å². The number of pyridine rings is 1. The lowest BCUT2D eigenvalue weighted by Crippen LogP contribution is -2.20. The number of benzene rings is 3. The molecule has 37 heavy (non-hydrogen) atoms. The Morgan fingerprint density at radius 2 is 1.54 bits per heavy atom. The fraction of sp³-hybridized carbons (Fsp3) is 0.226. The van der Waals surface area contributed by atoms with Gasteiger partial charge >= 0.3 is 0 Å². The van der Waals surface area contributed by atoms with Crippen LogP contribution in [0.3, 0.4) is 0 Å². The number of thioether (sulfide) groups is 1. The quantitative estimate of drug-likeness (QED) is 0.254. The van der Waals surface area contributed by atoms with Gasteiger partial charge in [-0.25, -0.2) is 4.98 Å². The lowest BCUT2D eigenvalue weighted by atomic mass is 9.87. The number of nitrogens with zero attached hydrogens (tertiary/aromatic N) is 2. The lowest BCUT2D eigenvalue weighted by Gasteiger charge is -2.19. The summed E-state index contributed by atoms with van der Waals surface area (Å²) >= 11 is 1.32. The molecule has 1 N–H and O–H groups in total. The molecule has 0 unspecified atom stereocenters. The molecule has 3 aromatic carbocycles. The van der Waals surface area contributed by atoms with Crippen molar-refractivity contribution in [1.29, 1.82) is 5.26 Å². The van der Waals surface area contributed by atoms with Crippen molar-refractivity contribution in [3.63, 3.8) is 0 Å². The normalized spacial score (nSPS) is 13.1. The standard InChI is InChI=1S/C31H30N2O2S2/c1-31(2,3)24-14-16-26(17-15-24)37(35)21-25(34)20-36-30-28(19-32)27(22-10-6-4-7-11-22)18-29(33-30)23-12-8-5-9-13-23/h4-18,25,34H,20-21H2,1-3H3/t25-,37+/m0/s1. The Labute approximate surface area is 225 Å². The Bertz CT molecular complexity index is 1410. The van der Waals surface area contributed by atoms with Gasteiger partial charge in [-0.1, -0.05) is 93.6 Å². The molecule has 0 aliphatic heterocycles. The van der Waals surface area contributed by atoms with Crippen molar-refractivity contribution in [2.24, 2.45) is 0 Å². The molecule has 0 radical (unpaired) electrons. The maximum absolute atomic E-state index is 12.9. The smallest absolute Gasteiger partial charge is 0.115 e. The summed E-state index contributed by atoms with van der Waals surface area (Å²) in [6, 6.07) is 31.6. The highest BCUT2D eigenvalue weighted by molar-refractivity contribution is 7.99. The number of rotatable bonds is 8. The summed E-state index contributed by atoms with van der Waals surface area (Å²) in [5.41, 5.74) is 5.12. The molecule has 2 atom stereocenters. The van der Waals surface area contributed by atoms with Gasteiger partial charge in [0, 0.05) is 21.8 Å². The zero-order valence-corrected chi connectivity index (χ0v) is 22.9. The summed E-state index contributed by atoms with van der Waals surface area (Å²) in [6.45, 7) is 6.42. The Kier molecular flexibility index (Phi) is 8.60. The van der Waals surface area contributed by atoms with Gasteiger partial charge in [0.1, 0.15) is 11.1 Å². The number of aliphatic hydroxyl groups excluding tert-OH is 1. The fourth-order valence-corrected chi connectivity index (χ4v) is 6.12. The third-order valence-electron chi connectivity index (χ3n) is 5.99. The Morgan fingerprint density at radius 3 is 2.11 bits per heavy atom. The molecule has 4 aromatic rings. The van der Waals surface area contributed by atoms with Crippen LogP contribution in [0, 0.1) is 11.3 Å². The van der Waals surface area contributed by atoms with Gasteiger partial charge in [-0.05, 0) is 34.7 Å². The molecule has 0 saturated carbocycles. The minimum atomic E-state index is -1.33. The molecule has 4 rings (SSSR count). The summed E-state index contributed by atoms with van der Waals surface area (Å²) in [5.74, 6) is 0.396. The Hall–Kier alpha value is -3.24. The zero-order chi connectivity index (χ0) is 26.4. The first-order chi connectivity index (χ1) is 17.8. The van der Waals surface area contributed by atoms with Gasteiger partial charge in [0.25, 0.3) is 0 Å². The highest BCUT2D eigenvalue weighted by Crippen LogP contribution is 2.34. The molecule has 0 amide bonds. The summed E-state index contributed by atoms with van der Waals surface area (Å²) < 4.78 is 12.9. The molecule has 4 nitrogen and oxygen atoms in total. The Balaban J connectivity index is 1.55. The number of nitriles is 1. The second-order valence-electron chi connectivity index (χ2n) is 9.83. The maximum Gasteiger partial charge on any atom is 0.115 e. The van der Waals surface area contributed by atoms with E-state index in [1.165, 1.54) is 17.3 Å². The van der Waals surface area contributed by atoms with Crippen molar-refractivity contribution < 1.29 is 9.32 Å². The lowest BCUT2D eigenvalue weighted by molar-refractivity contribution is 0.224. The van der Waals surface area contributed by atoms with E-state index < -0.39 is 16.9 Å². The van der Waals surface area contributed by atoms with E-state index in [0.29, 0.717) is 15.5 Å². The fourth-order valence-electron chi connectivity index (χ4n) is 3.94. The van der Waals surface area contributed by atoms with Crippen LogP contribution in [0.2, 0.25) is 0 Å². The molecule has 0 saturated heterocycles. The number of aromatic nitrogens is 1. The molecule has 1 heterocycles. The second kappa shape index (κ2) is 11.9. The average molecular weight is 527 g/mol. The maximum atomic E-state index is 12.9. The first kappa shape index (κ1) is 26.8. The first-order valence-corrected chi connectivity index (χ1v) is 14.4. The predicted octanol–water partition coefficient (Wildman–Crippen LogP) is 6.85. The van der Waals surface area contributed by atoms with E-state index in [-0.39, 0.29) is 16.9 Å². The average Bonchev–Trinajstić information content (AvgIpc) is 2.92. The molecule has 0 fully saturated rings. The van der Waals surface area contributed by atoms with Gasteiger partial charge in [0.2, 0.25) is 0 Å². The minimum absolute atomic E-state index is 0.0223. The van der Waals surface area contributed by atoms with Crippen LogP contribution < -0.4 is 0 Å². The SMILES string of the molecule is CC(C)(C)c1ccc([S@](=O)C[C@@H](O)CSc2nc(-c3ccccc3)cc(-c3ccccc3)c2C#N)cc1. The summed E-state index contributed by atoms with van der Waals surface area (Å²) in [4.78, 5) is 5.49. The van der Waals surface area contributed by atoms with Crippen LogP contribution in [0.4, 0.5) is 0 Å². The van der Waals surface area contributed by atoms with Gasteiger partial charge in [-0.2, -0.15) is 5.26 Å². The van der Waals surface area contributed by atoms with Crippen LogP contribution in [-0.2, 0) is 16.2 Å². The van der Waals surface area contributed by atoms with Gasteiger partial charge in [0.15, 0.2) is 0 Å². The van der Waals surface area contributed by atoms with Gasteiger partial charge in [0.05, 0.1) is 33.9 Å². The van der Waals surface area contributed by atoms with Gasteiger partial charge < -0.3 is 5.11 Å². The van der Waals surface area contributed by atoms with Gasteiger partial charge in [-0.3, -0.25) is 4.21 Å². The van der Waals surface area contributed by atoms with Crippen LogP contribution in [0.25, 0.3) is 22.4 Å². The van der Waals surface area contributed by atoms with Crippen LogP contribution in [-0.4, -0.2) is 31.9 Å². The molecule has 188 valence electrons. The van der Waals surface area contributed by atoms with E-state index in [1.807, 2.05) is 91.0 Å². The molecule has 0 aliphatic rings. The van der Waals surface area contributed by atoms with Crippen molar-refractivity contribution in [2.45, 2.75) is 42.2 Å². The van der Waals surface area contributed by atoms with E-state index in [4.69, 9.17) is 4.98 Å². The minimum Gasteiger partial charge on any atom is -0.391 e. The van der Waals surface area contributed by atoms with E-state index in [1.54, 1.807) is 0 Å². The molecule has 1 aromatic heterocycles. The molecule has 6 heteroatoms. The van der Waals surface area contributed by atoms with E-state index in [9.17, 15) is 14.6 Å². The Morgan fingerprint density at radius 1 is 0.946 bits per heavy atom. The number of hydrogen-bond acceptors (Lipinski definition) is 5. The summed E-state index contributed by atoms with van der Waals surface area (Å²) in [6.07, 6.45) is -0.818. The highest BCUT2D eigenvalue weighted by atomic mass is 32.2. The topological polar surface area (TPSA) is 74.0 Å². The van der Waals surface area contributed by atoms with Crippen LogP contribution >= 0.6 is 11.8 Å². The monoisotopic (exact) mass is 526 g/mol. The van der Waals surface area contributed by atoms with E-state index in [0.717, 1.165) is 22.4 Å². The third kappa shape index (κ3) is 6.75. The zero-order valence-electron chi connectivity index (χ0n) is 21.2. The van der Waals surface area contributed by atoms with Crippen molar-refractivity contribution >= 4 is 22.6 Å². The van der Waals surface area contributed by atoms with Gasteiger partial charge in [-0.15, -0.1) is 11.8 Å². The van der Waals surface area contributed by atoms with Crippen molar-refractivity contribution in [2.75, 3.05) is 11.5 Å². The molecule has 0 spiro atoms. The predicted molar refractivity (Wildman–Crippen MR) is 153 cm³/mol. The molecular formula is C31H30N2O2S2. The first-order valence-electron chi connectivity index (χ1n) is 12.1. The van der Waals surface area contributed by atoms with Crippen LogP contribution in [0.5, 0.6) is 0 Å². The summed E-state index contributed by atoms with van der Waals surface area (Å²) in [7, 11) is -1.33. The highest BCUT2D eigenvalue weighted by Gasteiger charge is 2.19. The molecular weight excluding hydrogens is 496 g/mol.